The molecule has 0 aromatic carbocycles. The van der Waals surface area contributed by atoms with E-state index in [0.29, 0.717) is 6.42 Å². The molecule has 4 nitrogen and oxygen atoms in total. The van der Waals surface area contributed by atoms with Crippen LogP contribution in [0.15, 0.2) is 85.1 Å². The Labute approximate surface area is 361 Å². The van der Waals surface area contributed by atoms with Crippen LogP contribution in [0, 0.1) is 0 Å². The summed E-state index contributed by atoms with van der Waals surface area (Å²) < 4.78 is 0. The zero-order valence-electron chi connectivity index (χ0n) is 38.3. The van der Waals surface area contributed by atoms with Crippen LogP contribution in [0.2, 0.25) is 0 Å². The van der Waals surface area contributed by atoms with E-state index in [9.17, 15) is 15.0 Å². The van der Waals surface area contributed by atoms with Gasteiger partial charge in [0.05, 0.1) is 18.8 Å². The second-order valence-corrected chi connectivity index (χ2v) is 16.5. The molecular formula is C54H95NO3. The van der Waals surface area contributed by atoms with Gasteiger partial charge in [-0.15, -0.1) is 0 Å². The summed E-state index contributed by atoms with van der Waals surface area (Å²) in [4.78, 5) is 12.4. The van der Waals surface area contributed by atoms with Crippen molar-refractivity contribution in [3.05, 3.63) is 85.1 Å². The molecule has 3 N–H and O–H groups in total. The number of carbonyl (C=O) groups is 1. The molecule has 0 aliphatic carbocycles. The number of amides is 1. The maximum absolute atomic E-state index is 12.4. The maximum atomic E-state index is 12.4. The first-order valence-electron chi connectivity index (χ1n) is 24.8. The molecule has 4 heteroatoms. The van der Waals surface area contributed by atoms with Crippen LogP contribution in [-0.2, 0) is 4.79 Å². The van der Waals surface area contributed by atoms with Crippen molar-refractivity contribution in [2.24, 2.45) is 0 Å². The quantitative estimate of drug-likeness (QED) is 0.0424. The lowest BCUT2D eigenvalue weighted by atomic mass is 10.0. The summed E-state index contributed by atoms with van der Waals surface area (Å²) in [7, 11) is 0. The fourth-order valence-corrected chi connectivity index (χ4v) is 7.08. The molecule has 1 amide bonds. The first-order chi connectivity index (χ1) is 28.7. The number of rotatable bonds is 44. The normalized spacial score (nSPS) is 13.7. The number of unbranched alkanes of at least 4 members (excludes halogenated alkanes) is 25. The minimum atomic E-state index is -0.875. The van der Waals surface area contributed by atoms with Crippen molar-refractivity contribution >= 4 is 5.91 Å². The van der Waals surface area contributed by atoms with Gasteiger partial charge < -0.3 is 15.5 Å². The molecule has 0 aliphatic rings. The van der Waals surface area contributed by atoms with Gasteiger partial charge in [0.15, 0.2) is 0 Å². The molecule has 0 rings (SSSR count). The third-order valence-electron chi connectivity index (χ3n) is 10.8. The summed E-state index contributed by atoms with van der Waals surface area (Å²) >= 11 is 0. The molecule has 0 aliphatic heterocycles. The second kappa shape index (κ2) is 48.9. The number of aliphatic hydroxyl groups excluding tert-OH is 2. The van der Waals surface area contributed by atoms with Gasteiger partial charge in [0.2, 0.25) is 5.91 Å². The average molecular weight is 806 g/mol. The van der Waals surface area contributed by atoms with E-state index in [2.05, 4.69) is 92.1 Å². The van der Waals surface area contributed by atoms with E-state index in [1.54, 1.807) is 6.08 Å². The number of aliphatic hydroxyl groups is 2. The molecule has 2 unspecified atom stereocenters. The van der Waals surface area contributed by atoms with E-state index < -0.39 is 12.1 Å². The highest BCUT2D eigenvalue weighted by molar-refractivity contribution is 5.76. The topological polar surface area (TPSA) is 69.6 Å². The molecule has 2 atom stereocenters. The molecule has 58 heavy (non-hydrogen) atoms. The van der Waals surface area contributed by atoms with Crippen molar-refractivity contribution in [2.45, 2.75) is 244 Å². The average Bonchev–Trinajstić information content (AvgIpc) is 3.23. The third kappa shape index (κ3) is 44.7. The summed E-state index contributed by atoms with van der Waals surface area (Å²) in [6.07, 6.45) is 71.4. The molecule has 0 saturated heterocycles. The van der Waals surface area contributed by atoms with Gasteiger partial charge in [-0.2, -0.15) is 0 Å². The maximum Gasteiger partial charge on any atom is 0.220 e. The standard InChI is InChI=1S/C54H95NO3/c1-3-5-7-9-11-13-15-17-19-21-23-25-26-27-28-30-32-34-36-38-40-42-44-46-48-50-54(58)55-52(51-56)53(57)49-47-45-43-41-39-37-35-33-31-29-24-22-20-18-16-14-12-10-8-6-4-2/h5,7,11,13,17,19,23,25,31,33,39,41,47,49,52-53,56-57H,3-4,6,8-10,12,14-16,18,20-22,24,26-30,32,34-38,40,42-46,48,50-51H2,1-2H3,(H,55,58)/b7-5-,13-11-,19-17-,25-23-,33-31+,41-39+,49-47+. The minimum Gasteiger partial charge on any atom is -0.394 e. The van der Waals surface area contributed by atoms with Crippen LogP contribution >= 0.6 is 0 Å². The van der Waals surface area contributed by atoms with Gasteiger partial charge in [0.1, 0.15) is 0 Å². The monoisotopic (exact) mass is 806 g/mol. The molecule has 0 aromatic rings. The number of hydrogen-bond acceptors (Lipinski definition) is 3. The zero-order valence-corrected chi connectivity index (χ0v) is 38.3. The lowest BCUT2D eigenvalue weighted by Gasteiger charge is -2.19. The highest BCUT2D eigenvalue weighted by atomic mass is 16.3. The van der Waals surface area contributed by atoms with Gasteiger partial charge in [0, 0.05) is 6.42 Å². The Balaban J connectivity index is 3.62. The Morgan fingerprint density at radius 2 is 0.776 bits per heavy atom. The van der Waals surface area contributed by atoms with Crippen LogP contribution in [0.25, 0.3) is 0 Å². The summed E-state index contributed by atoms with van der Waals surface area (Å²) in [6, 6.07) is -0.651. The van der Waals surface area contributed by atoms with Crippen molar-refractivity contribution < 1.29 is 15.0 Å². The van der Waals surface area contributed by atoms with Gasteiger partial charge in [-0.1, -0.05) is 227 Å². The van der Waals surface area contributed by atoms with E-state index in [1.807, 2.05) is 6.08 Å². The Hall–Kier alpha value is -2.43. The van der Waals surface area contributed by atoms with Crippen LogP contribution in [0.3, 0.4) is 0 Å². The molecule has 334 valence electrons. The number of allylic oxidation sites excluding steroid dienone is 13. The Morgan fingerprint density at radius 1 is 0.431 bits per heavy atom. The van der Waals surface area contributed by atoms with Crippen molar-refractivity contribution in [1.82, 2.24) is 5.32 Å². The first kappa shape index (κ1) is 55.6. The highest BCUT2D eigenvalue weighted by Crippen LogP contribution is 2.15. The van der Waals surface area contributed by atoms with E-state index in [1.165, 1.54) is 148 Å². The molecule has 0 fully saturated rings. The zero-order chi connectivity index (χ0) is 42.1. The Bertz CT molecular complexity index is 1050. The van der Waals surface area contributed by atoms with Gasteiger partial charge >= 0.3 is 0 Å². The molecule has 0 heterocycles. The fraction of sp³-hybridized carbons (Fsp3) is 0.722. The lowest BCUT2D eigenvalue weighted by molar-refractivity contribution is -0.123. The van der Waals surface area contributed by atoms with Crippen LogP contribution < -0.4 is 5.32 Å². The number of carbonyl (C=O) groups excluding carboxylic acids is 1. The van der Waals surface area contributed by atoms with Crippen LogP contribution in [0.4, 0.5) is 0 Å². The predicted octanol–water partition coefficient (Wildman–Crippen LogP) is 16.0. The van der Waals surface area contributed by atoms with E-state index in [0.717, 1.165) is 64.2 Å². The van der Waals surface area contributed by atoms with Crippen LogP contribution in [0.5, 0.6) is 0 Å². The van der Waals surface area contributed by atoms with Crippen molar-refractivity contribution in [2.75, 3.05) is 6.61 Å². The largest absolute Gasteiger partial charge is 0.394 e. The van der Waals surface area contributed by atoms with Crippen LogP contribution in [-0.4, -0.2) is 34.9 Å². The summed E-state index contributed by atoms with van der Waals surface area (Å²) in [6.45, 7) is 4.18. The van der Waals surface area contributed by atoms with E-state index >= 15 is 0 Å². The molecule has 0 radical (unpaired) electrons. The van der Waals surface area contributed by atoms with E-state index in [4.69, 9.17) is 0 Å². The molecule has 0 spiro atoms. The van der Waals surface area contributed by atoms with Gasteiger partial charge in [-0.05, 0) is 83.5 Å². The fourth-order valence-electron chi connectivity index (χ4n) is 7.08. The first-order valence-corrected chi connectivity index (χ1v) is 24.8. The highest BCUT2D eigenvalue weighted by Gasteiger charge is 2.17. The second-order valence-electron chi connectivity index (χ2n) is 16.5. The van der Waals surface area contributed by atoms with Crippen molar-refractivity contribution in [3.63, 3.8) is 0 Å². The van der Waals surface area contributed by atoms with Crippen molar-refractivity contribution in [1.29, 1.82) is 0 Å². The number of nitrogens with one attached hydrogen (secondary N) is 1. The SMILES string of the molecule is CC/C=C\C/C=C\C/C=C\C/C=C\CCCCCCCCCCCCCCC(=O)NC(CO)C(O)/C=C/CC/C=C/CC/C=C/CCCCCCCCCCCCC. The molecule has 0 saturated carbocycles. The summed E-state index contributed by atoms with van der Waals surface area (Å²) in [5, 5.41) is 23.1. The van der Waals surface area contributed by atoms with Crippen LogP contribution in [0.1, 0.15) is 232 Å². The lowest BCUT2D eigenvalue weighted by Crippen LogP contribution is -2.45. The predicted molar refractivity (Wildman–Crippen MR) is 257 cm³/mol. The summed E-state index contributed by atoms with van der Waals surface area (Å²) in [5.41, 5.74) is 0. The summed E-state index contributed by atoms with van der Waals surface area (Å²) in [5.74, 6) is -0.0826. The smallest absolute Gasteiger partial charge is 0.220 e. The Kier molecular flexibility index (Phi) is 46.9. The molecule has 0 aromatic heterocycles. The van der Waals surface area contributed by atoms with Gasteiger partial charge in [0.25, 0.3) is 0 Å². The molecular weight excluding hydrogens is 711 g/mol. The van der Waals surface area contributed by atoms with E-state index in [-0.39, 0.29) is 12.5 Å². The van der Waals surface area contributed by atoms with Gasteiger partial charge in [-0.25, -0.2) is 0 Å². The Morgan fingerprint density at radius 3 is 1.21 bits per heavy atom. The van der Waals surface area contributed by atoms with Gasteiger partial charge in [-0.3, -0.25) is 4.79 Å². The van der Waals surface area contributed by atoms with Crippen molar-refractivity contribution in [3.8, 4) is 0 Å². The number of hydrogen-bond donors (Lipinski definition) is 3. The third-order valence-corrected chi connectivity index (χ3v) is 10.8. The molecule has 0 bridgehead atoms. The minimum absolute atomic E-state index is 0.0826.